The zero-order valence-corrected chi connectivity index (χ0v) is 18.5. The van der Waals surface area contributed by atoms with Crippen LogP contribution < -0.4 is 0 Å². The van der Waals surface area contributed by atoms with E-state index < -0.39 is 5.60 Å². The third-order valence-corrected chi connectivity index (χ3v) is 5.40. The Hall–Kier alpha value is -1.38. The maximum absolute atomic E-state index is 12.4. The minimum Gasteiger partial charge on any atom is -0.469 e. The number of methoxy groups -OCH3 is 1. The Balaban J connectivity index is 1.70. The van der Waals surface area contributed by atoms with Crippen LogP contribution in [-0.2, 0) is 23.7 Å². The summed E-state index contributed by atoms with van der Waals surface area (Å²) in [5, 5.41) is 0. The third-order valence-electron chi connectivity index (χ3n) is 5.40. The van der Waals surface area contributed by atoms with Gasteiger partial charge in [-0.2, -0.15) is 0 Å². The summed E-state index contributed by atoms with van der Waals surface area (Å²) >= 11 is 0. The Kier molecular flexibility index (Phi) is 9.17. The number of unbranched alkanes of at least 4 members (excludes halogenated alkanes) is 1. The minimum absolute atomic E-state index is 0.115. The molecule has 0 unspecified atom stereocenters. The van der Waals surface area contributed by atoms with Crippen LogP contribution in [0.1, 0.15) is 52.9 Å². The first kappa shape index (κ1) is 23.9. The summed E-state index contributed by atoms with van der Waals surface area (Å²) in [5.41, 5.74) is -0.598. The van der Waals surface area contributed by atoms with Crippen molar-refractivity contribution in [3.63, 3.8) is 0 Å². The van der Waals surface area contributed by atoms with Crippen molar-refractivity contribution in [2.24, 2.45) is 0 Å². The number of hydrogen-bond acceptors (Lipinski definition) is 7. The van der Waals surface area contributed by atoms with Gasteiger partial charge in [0.2, 0.25) is 0 Å². The lowest BCUT2D eigenvalue weighted by atomic mass is 9.95. The normalized spacial score (nSPS) is 22.8. The minimum atomic E-state index is -0.482. The van der Waals surface area contributed by atoms with Crippen LogP contribution in [0.5, 0.6) is 0 Å². The molecule has 2 heterocycles. The molecule has 0 radical (unpaired) electrons. The highest BCUT2D eigenvalue weighted by molar-refractivity contribution is 5.69. The first-order valence-corrected chi connectivity index (χ1v) is 10.7. The van der Waals surface area contributed by atoms with Crippen LogP contribution in [0.4, 0.5) is 4.79 Å². The van der Waals surface area contributed by atoms with Crippen molar-refractivity contribution in [3.05, 3.63) is 0 Å². The second-order valence-corrected chi connectivity index (χ2v) is 8.92. The van der Waals surface area contributed by atoms with Gasteiger partial charge in [-0.25, -0.2) is 4.79 Å². The summed E-state index contributed by atoms with van der Waals surface area (Å²) in [6.07, 6.45) is 3.70. The molecule has 1 spiro atoms. The molecule has 0 N–H and O–H groups in total. The molecule has 2 aliphatic heterocycles. The van der Waals surface area contributed by atoms with Crippen molar-refractivity contribution in [1.29, 1.82) is 0 Å². The average Bonchev–Trinajstić information content (AvgIpc) is 3.08. The smallest absolute Gasteiger partial charge is 0.410 e. The van der Waals surface area contributed by atoms with E-state index in [-0.39, 0.29) is 17.6 Å². The number of rotatable bonds is 9. The topological polar surface area (TPSA) is 77.5 Å². The summed E-state index contributed by atoms with van der Waals surface area (Å²) in [6, 6.07) is 0. The molecule has 168 valence electrons. The molecule has 2 aliphatic rings. The molecule has 29 heavy (non-hydrogen) atoms. The second-order valence-electron chi connectivity index (χ2n) is 8.92. The molecular formula is C21H38N2O6. The van der Waals surface area contributed by atoms with Crippen LogP contribution in [0.25, 0.3) is 0 Å². The summed E-state index contributed by atoms with van der Waals surface area (Å²) in [7, 11) is 1.41. The Labute approximate surface area is 174 Å². The van der Waals surface area contributed by atoms with Gasteiger partial charge in [0.15, 0.2) is 0 Å². The van der Waals surface area contributed by atoms with Gasteiger partial charge >= 0.3 is 12.1 Å². The SMILES string of the molecule is COC(=O)CCCCOCCCN1CCOC[C@]12CCN(C(=O)OC(C)(C)C)C2. The molecule has 0 aromatic carbocycles. The second kappa shape index (κ2) is 11.1. The van der Waals surface area contributed by atoms with Crippen LogP contribution in [0.2, 0.25) is 0 Å². The maximum atomic E-state index is 12.4. The number of likely N-dealkylation sites (tertiary alicyclic amines) is 1. The number of ether oxygens (including phenoxy) is 4. The lowest BCUT2D eigenvalue weighted by Crippen LogP contribution is -2.59. The van der Waals surface area contributed by atoms with Gasteiger partial charge < -0.3 is 23.8 Å². The fourth-order valence-electron chi connectivity index (χ4n) is 3.86. The first-order chi connectivity index (χ1) is 13.8. The van der Waals surface area contributed by atoms with Crippen LogP contribution >= 0.6 is 0 Å². The predicted octanol–water partition coefficient (Wildman–Crippen LogP) is 2.45. The summed E-state index contributed by atoms with van der Waals surface area (Å²) in [6.45, 7) is 11.6. The zero-order valence-electron chi connectivity index (χ0n) is 18.5. The predicted molar refractivity (Wildman–Crippen MR) is 109 cm³/mol. The summed E-state index contributed by atoms with van der Waals surface area (Å²) in [5.74, 6) is -0.167. The number of carbonyl (C=O) groups excluding carboxylic acids is 2. The van der Waals surface area contributed by atoms with Crippen molar-refractivity contribution >= 4 is 12.1 Å². The molecule has 0 aromatic heterocycles. The molecule has 0 bridgehead atoms. The molecule has 8 heteroatoms. The van der Waals surface area contributed by atoms with Gasteiger partial charge in [0.25, 0.3) is 0 Å². The van der Waals surface area contributed by atoms with E-state index in [0.29, 0.717) is 39.3 Å². The van der Waals surface area contributed by atoms with E-state index in [0.717, 1.165) is 45.4 Å². The Morgan fingerprint density at radius 2 is 1.86 bits per heavy atom. The van der Waals surface area contributed by atoms with Crippen LogP contribution in [0, 0.1) is 0 Å². The molecule has 2 fully saturated rings. The molecular weight excluding hydrogens is 376 g/mol. The van der Waals surface area contributed by atoms with E-state index in [1.807, 2.05) is 25.7 Å². The van der Waals surface area contributed by atoms with Crippen LogP contribution in [0.3, 0.4) is 0 Å². The Morgan fingerprint density at radius 1 is 1.10 bits per heavy atom. The van der Waals surface area contributed by atoms with Crippen LogP contribution in [0.15, 0.2) is 0 Å². The first-order valence-electron chi connectivity index (χ1n) is 10.7. The van der Waals surface area contributed by atoms with Gasteiger partial charge in [-0.05, 0) is 46.5 Å². The highest BCUT2D eigenvalue weighted by atomic mass is 16.6. The van der Waals surface area contributed by atoms with Gasteiger partial charge in [0.1, 0.15) is 5.60 Å². The number of morpholine rings is 1. The van der Waals surface area contributed by atoms with Gasteiger partial charge in [-0.1, -0.05) is 0 Å². The summed E-state index contributed by atoms with van der Waals surface area (Å²) < 4.78 is 21.7. The van der Waals surface area contributed by atoms with E-state index in [1.165, 1.54) is 7.11 Å². The van der Waals surface area contributed by atoms with E-state index >= 15 is 0 Å². The summed E-state index contributed by atoms with van der Waals surface area (Å²) in [4.78, 5) is 27.8. The number of esters is 1. The Morgan fingerprint density at radius 3 is 2.59 bits per heavy atom. The third kappa shape index (κ3) is 7.75. The largest absolute Gasteiger partial charge is 0.469 e. The average molecular weight is 415 g/mol. The maximum Gasteiger partial charge on any atom is 0.410 e. The number of hydrogen-bond donors (Lipinski definition) is 0. The van der Waals surface area contributed by atoms with Crippen molar-refractivity contribution in [1.82, 2.24) is 9.80 Å². The fraction of sp³-hybridized carbons (Fsp3) is 0.905. The van der Waals surface area contributed by atoms with Gasteiger partial charge in [0.05, 0.1) is 25.9 Å². The monoisotopic (exact) mass is 414 g/mol. The van der Waals surface area contributed by atoms with Crippen molar-refractivity contribution < 1.29 is 28.5 Å². The lowest BCUT2D eigenvalue weighted by molar-refractivity contribution is -0.140. The molecule has 0 saturated carbocycles. The van der Waals surface area contributed by atoms with E-state index in [4.69, 9.17) is 14.2 Å². The van der Waals surface area contributed by atoms with Gasteiger partial charge in [0, 0.05) is 45.8 Å². The highest BCUT2D eigenvalue weighted by Gasteiger charge is 2.46. The van der Waals surface area contributed by atoms with Crippen molar-refractivity contribution in [3.8, 4) is 0 Å². The molecule has 1 amide bonds. The van der Waals surface area contributed by atoms with E-state index in [1.54, 1.807) is 0 Å². The lowest BCUT2D eigenvalue weighted by Gasteiger charge is -2.44. The quantitative estimate of drug-likeness (QED) is 0.424. The standard InChI is InChI=1S/C21H38N2O6/c1-20(2,3)29-19(25)22-11-9-21(16-22)17-28-15-12-23(21)10-7-14-27-13-6-5-8-18(24)26-4/h5-17H2,1-4H3/t21-/m1/s1. The molecule has 2 saturated heterocycles. The van der Waals surface area contributed by atoms with Crippen LogP contribution in [-0.4, -0.2) is 92.7 Å². The van der Waals surface area contributed by atoms with Crippen molar-refractivity contribution in [2.45, 2.75) is 64.0 Å². The van der Waals surface area contributed by atoms with Gasteiger partial charge in [-0.3, -0.25) is 9.69 Å². The molecule has 2 rings (SSSR count). The molecule has 0 aliphatic carbocycles. The molecule has 0 aromatic rings. The van der Waals surface area contributed by atoms with Gasteiger partial charge in [-0.15, -0.1) is 0 Å². The fourth-order valence-corrected chi connectivity index (χ4v) is 3.86. The Bertz CT molecular complexity index is 536. The number of amides is 1. The highest BCUT2D eigenvalue weighted by Crippen LogP contribution is 2.32. The van der Waals surface area contributed by atoms with E-state index in [2.05, 4.69) is 9.64 Å². The zero-order chi connectivity index (χ0) is 21.3. The van der Waals surface area contributed by atoms with E-state index in [9.17, 15) is 9.59 Å². The van der Waals surface area contributed by atoms with Crippen molar-refractivity contribution in [2.75, 3.05) is 59.7 Å². The molecule has 1 atom stereocenters. The molecule has 8 nitrogen and oxygen atoms in total. The number of carbonyl (C=O) groups is 2. The number of nitrogens with zero attached hydrogens (tertiary/aromatic N) is 2.